The zero-order valence-electron chi connectivity index (χ0n) is 6.91. The van der Waals surface area contributed by atoms with Crippen molar-refractivity contribution in [1.29, 1.82) is 0 Å². The molecule has 0 saturated heterocycles. The van der Waals surface area contributed by atoms with Crippen molar-refractivity contribution in [2.45, 2.75) is 0 Å². The lowest BCUT2D eigenvalue weighted by Gasteiger charge is -2.07. The van der Waals surface area contributed by atoms with Gasteiger partial charge in [0, 0.05) is 6.07 Å². The summed E-state index contributed by atoms with van der Waals surface area (Å²) < 4.78 is 24.0. The molecule has 0 unspecified atom stereocenters. The fourth-order valence-corrected chi connectivity index (χ4v) is 1.92. The van der Waals surface area contributed by atoms with Crippen molar-refractivity contribution < 1.29 is 8.96 Å². The van der Waals surface area contributed by atoms with Crippen molar-refractivity contribution in [2.75, 3.05) is 19.1 Å². The van der Waals surface area contributed by atoms with E-state index in [1.807, 2.05) is 0 Å². The van der Waals surface area contributed by atoms with Gasteiger partial charge in [0.05, 0.1) is 11.9 Å². The lowest BCUT2D eigenvalue weighted by molar-refractivity contribution is 0.587. The summed E-state index contributed by atoms with van der Waals surface area (Å²) in [7, 11) is -2.48. The van der Waals surface area contributed by atoms with E-state index in [2.05, 4.69) is 4.98 Å². The lowest BCUT2D eigenvalue weighted by atomic mass is 10.4. The maximum Gasteiger partial charge on any atom is 0.143 e. The number of nitrogens with zero attached hydrogens (tertiary/aromatic N) is 1. The predicted octanol–water partition coefficient (Wildman–Crippen LogP) is 1.05. The van der Waals surface area contributed by atoms with E-state index >= 15 is 0 Å². The largest absolute Gasteiger partial charge is 0.397 e. The Morgan fingerprint density at radius 3 is 2.58 bits per heavy atom. The van der Waals surface area contributed by atoms with Crippen molar-refractivity contribution >= 4 is 18.3 Å². The molecule has 0 aromatic carbocycles. The third-order valence-corrected chi connectivity index (χ3v) is 2.77. The van der Waals surface area contributed by atoms with E-state index in [1.165, 1.54) is 0 Å². The minimum atomic E-state index is -2.48. The van der Waals surface area contributed by atoms with Crippen LogP contribution in [0.15, 0.2) is 12.3 Å². The smallest absolute Gasteiger partial charge is 0.143 e. The van der Waals surface area contributed by atoms with Crippen LogP contribution in [0.4, 0.5) is 10.1 Å². The van der Waals surface area contributed by atoms with Crippen LogP contribution >= 0.6 is 7.14 Å². The Labute approximate surface area is 70.2 Å². The summed E-state index contributed by atoms with van der Waals surface area (Å²) in [4.78, 5) is 3.69. The molecule has 1 aromatic rings. The van der Waals surface area contributed by atoms with Crippen molar-refractivity contribution in [3.8, 4) is 0 Å². The van der Waals surface area contributed by atoms with E-state index in [1.54, 1.807) is 13.3 Å². The van der Waals surface area contributed by atoms with Crippen LogP contribution in [0.25, 0.3) is 0 Å². The average Bonchev–Trinajstić information content (AvgIpc) is 1.83. The van der Waals surface area contributed by atoms with Crippen molar-refractivity contribution in [3.63, 3.8) is 0 Å². The second-order valence-corrected chi connectivity index (χ2v) is 6.04. The summed E-state index contributed by atoms with van der Waals surface area (Å²) in [6.07, 6.45) is 1.02. The second kappa shape index (κ2) is 2.87. The molecule has 0 aliphatic carbocycles. The molecule has 0 aliphatic heterocycles. The molecule has 3 nitrogen and oxygen atoms in total. The second-order valence-electron chi connectivity index (χ2n) is 2.92. The summed E-state index contributed by atoms with van der Waals surface area (Å²) in [5, 5.41) is 0. The van der Waals surface area contributed by atoms with Gasteiger partial charge in [0.2, 0.25) is 0 Å². The Morgan fingerprint density at radius 1 is 1.58 bits per heavy atom. The Hall–Kier alpha value is -0.890. The summed E-state index contributed by atoms with van der Waals surface area (Å²) in [6, 6.07) is 1.13. The van der Waals surface area contributed by atoms with Crippen LogP contribution in [0.2, 0.25) is 0 Å². The average molecular weight is 188 g/mol. The van der Waals surface area contributed by atoms with Crippen molar-refractivity contribution in [3.05, 3.63) is 18.1 Å². The highest BCUT2D eigenvalue weighted by atomic mass is 31.2. The number of pyridine rings is 1. The molecule has 0 atom stereocenters. The first-order chi connectivity index (χ1) is 5.41. The van der Waals surface area contributed by atoms with Gasteiger partial charge in [0.1, 0.15) is 18.4 Å². The summed E-state index contributed by atoms with van der Waals surface area (Å²) >= 11 is 0. The van der Waals surface area contributed by atoms with Gasteiger partial charge in [-0.25, -0.2) is 9.37 Å². The Bertz CT molecular complexity index is 347. The molecule has 66 valence electrons. The number of hydrogen-bond acceptors (Lipinski definition) is 3. The first-order valence-corrected chi connectivity index (χ1v) is 5.98. The molecule has 0 fully saturated rings. The minimum Gasteiger partial charge on any atom is -0.397 e. The van der Waals surface area contributed by atoms with Crippen LogP contribution in [0.1, 0.15) is 0 Å². The van der Waals surface area contributed by atoms with Gasteiger partial charge >= 0.3 is 0 Å². The molecular weight excluding hydrogens is 178 g/mol. The van der Waals surface area contributed by atoms with Gasteiger partial charge in [-0.3, -0.25) is 0 Å². The summed E-state index contributed by atoms with van der Waals surface area (Å²) in [5.41, 5.74) is 5.88. The molecule has 2 N–H and O–H groups in total. The van der Waals surface area contributed by atoms with Gasteiger partial charge in [-0.05, 0) is 13.3 Å². The molecule has 12 heavy (non-hydrogen) atoms. The molecule has 0 spiro atoms. The third kappa shape index (κ3) is 1.83. The Kier molecular flexibility index (Phi) is 2.20. The van der Waals surface area contributed by atoms with E-state index < -0.39 is 13.0 Å². The third-order valence-electron chi connectivity index (χ3n) is 1.37. The highest BCUT2D eigenvalue weighted by molar-refractivity contribution is 7.70. The zero-order valence-corrected chi connectivity index (χ0v) is 7.81. The number of anilines is 1. The van der Waals surface area contributed by atoms with Gasteiger partial charge in [-0.15, -0.1) is 0 Å². The fraction of sp³-hybridized carbons (Fsp3) is 0.286. The number of hydrogen-bond donors (Lipinski definition) is 1. The molecule has 0 saturated carbocycles. The van der Waals surface area contributed by atoms with Gasteiger partial charge in [0.25, 0.3) is 0 Å². The number of nitrogens with two attached hydrogens (primary N) is 1. The molecule has 0 bridgehead atoms. The van der Waals surface area contributed by atoms with Gasteiger partial charge in [0.15, 0.2) is 0 Å². The van der Waals surface area contributed by atoms with E-state index in [4.69, 9.17) is 5.73 Å². The summed E-state index contributed by atoms with van der Waals surface area (Å²) in [5.74, 6) is -0.510. The van der Waals surface area contributed by atoms with Gasteiger partial charge < -0.3 is 10.3 Å². The van der Waals surface area contributed by atoms with Crippen LogP contribution in [0, 0.1) is 5.82 Å². The maximum atomic E-state index is 12.5. The van der Waals surface area contributed by atoms with Crippen molar-refractivity contribution in [1.82, 2.24) is 4.98 Å². The summed E-state index contributed by atoms with van der Waals surface area (Å²) in [6.45, 7) is 3.09. The monoisotopic (exact) mass is 188 g/mol. The highest BCUT2D eigenvalue weighted by Crippen LogP contribution is 2.35. The fourth-order valence-electron chi connectivity index (χ4n) is 0.898. The maximum absolute atomic E-state index is 12.5. The molecular formula is C7H10FN2OP. The van der Waals surface area contributed by atoms with Gasteiger partial charge in [-0.2, -0.15) is 0 Å². The predicted molar refractivity (Wildman–Crippen MR) is 47.7 cm³/mol. The first-order valence-electron chi connectivity index (χ1n) is 3.38. The molecule has 0 aliphatic rings. The molecule has 1 aromatic heterocycles. The standard InChI is InChI=1S/C7H10FN2OP/c1-12(2,11)7-6(9)3-5(8)4-10-7/h3-4H,9H2,1-2H3. The Morgan fingerprint density at radius 2 is 2.17 bits per heavy atom. The van der Waals surface area contributed by atoms with Gasteiger partial charge in [-0.1, -0.05) is 0 Å². The molecule has 5 heteroatoms. The molecule has 1 heterocycles. The quantitative estimate of drug-likeness (QED) is 0.670. The Balaban J connectivity index is 3.28. The van der Waals surface area contributed by atoms with Crippen LogP contribution in [0.5, 0.6) is 0 Å². The number of rotatable bonds is 1. The zero-order chi connectivity index (χ0) is 9.35. The lowest BCUT2D eigenvalue weighted by Crippen LogP contribution is -2.14. The molecule has 1 rings (SSSR count). The minimum absolute atomic E-state index is 0.156. The van der Waals surface area contributed by atoms with Crippen LogP contribution < -0.4 is 11.2 Å². The first kappa shape index (κ1) is 9.20. The topological polar surface area (TPSA) is 56.0 Å². The van der Waals surface area contributed by atoms with E-state index in [9.17, 15) is 8.96 Å². The molecule has 0 amide bonds. The van der Waals surface area contributed by atoms with Crippen LogP contribution in [0.3, 0.4) is 0 Å². The molecule has 0 radical (unpaired) electrons. The number of halogens is 1. The number of aromatic nitrogens is 1. The van der Waals surface area contributed by atoms with Crippen molar-refractivity contribution in [2.24, 2.45) is 0 Å². The van der Waals surface area contributed by atoms with Crippen LogP contribution in [-0.4, -0.2) is 18.3 Å². The SMILES string of the molecule is CP(C)(=O)c1ncc(F)cc1N. The van der Waals surface area contributed by atoms with E-state index in [0.717, 1.165) is 12.3 Å². The van der Waals surface area contributed by atoms with E-state index in [-0.39, 0.29) is 5.69 Å². The number of nitrogen functional groups attached to an aromatic ring is 1. The highest BCUT2D eigenvalue weighted by Gasteiger charge is 2.16. The normalized spacial score (nSPS) is 11.6. The van der Waals surface area contributed by atoms with Crippen LogP contribution in [-0.2, 0) is 4.57 Å². The van der Waals surface area contributed by atoms with E-state index in [0.29, 0.717) is 5.44 Å².